The van der Waals surface area contributed by atoms with E-state index in [9.17, 15) is 4.39 Å². The monoisotopic (exact) mass is 429 g/mol. The number of nitrogens with zero attached hydrogens (tertiary/aromatic N) is 1. The molecule has 0 bridgehead atoms. The third-order valence-corrected chi connectivity index (χ3v) is 3.05. The molecular weight excluding hydrogens is 408 g/mol. The molecule has 0 amide bonds. The van der Waals surface area contributed by atoms with E-state index in [1.807, 2.05) is 18.2 Å². The molecule has 0 unspecified atom stereocenters. The highest BCUT2D eigenvalue weighted by molar-refractivity contribution is 14.0. The molecule has 124 valence electrons. The van der Waals surface area contributed by atoms with Gasteiger partial charge in [0.25, 0.3) is 0 Å². The molecule has 2 aromatic rings. The van der Waals surface area contributed by atoms with E-state index in [0.717, 1.165) is 12.1 Å². The van der Waals surface area contributed by atoms with Crippen LogP contribution in [0.1, 0.15) is 12.5 Å². The Balaban J connectivity index is 0.00000264. The standard InChI is InChI=1S/C17H20FN3O.HI/c1-2-13-5-3-7-15(11-13)21-17(19)20-9-10-22-16-8-4-6-14(18)12-16;/h3-8,11-12H,2,9-10H2,1H3,(H3,19,20,21);1H. The van der Waals surface area contributed by atoms with Gasteiger partial charge in [0.15, 0.2) is 5.96 Å². The molecule has 6 heteroatoms. The van der Waals surface area contributed by atoms with Crippen LogP contribution in [0.4, 0.5) is 10.1 Å². The molecule has 2 rings (SSSR count). The van der Waals surface area contributed by atoms with E-state index in [-0.39, 0.29) is 29.8 Å². The second-order valence-electron chi connectivity index (χ2n) is 4.75. The summed E-state index contributed by atoms with van der Waals surface area (Å²) in [7, 11) is 0. The van der Waals surface area contributed by atoms with Crippen molar-refractivity contribution in [3.8, 4) is 5.75 Å². The van der Waals surface area contributed by atoms with Crippen LogP contribution in [0, 0.1) is 5.82 Å². The van der Waals surface area contributed by atoms with Crippen LogP contribution in [-0.4, -0.2) is 19.1 Å². The number of aryl methyl sites for hydroxylation is 1. The van der Waals surface area contributed by atoms with Crippen LogP contribution in [0.25, 0.3) is 0 Å². The predicted octanol–water partition coefficient (Wildman–Crippen LogP) is 3.81. The molecule has 0 aliphatic heterocycles. The van der Waals surface area contributed by atoms with Crippen LogP contribution in [0.5, 0.6) is 5.75 Å². The summed E-state index contributed by atoms with van der Waals surface area (Å²) in [5.41, 5.74) is 7.96. The van der Waals surface area contributed by atoms with Crippen molar-refractivity contribution in [2.24, 2.45) is 10.7 Å². The summed E-state index contributed by atoms with van der Waals surface area (Å²) in [5.74, 6) is 0.492. The van der Waals surface area contributed by atoms with Crippen LogP contribution in [0.2, 0.25) is 0 Å². The Morgan fingerprint density at radius 2 is 2.00 bits per heavy atom. The average Bonchev–Trinajstić information content (AvgIpc) is 2.52. The maximum Gasteiger partial charge on any atom is 0.193 e. The molecule has 0 atom stereocenters. The zero-order valence-corrected chi connectivity index (χ0v) is 15.3. The van der Waals surface area contributed by atoms with E-state index in [2.05, 4.69) is 23.3 Å². The molecule has 0 radical (unpaired) electrons. The Morgan fingerprint density at radius 1 is 1.22 bits per heavy atom. The minimum atomic E-state index is -0.321. The minimum absolute atomic E-state index is 0. The molecule has 23 heavy (non-hydrogen) atoms. The number of halogens is 2. The molecule has 0 spiro atoms. The van der Waals surface area contributed by atoms with Gasteiger partial charge in [-0.1, -0.05) is 25.1 Å². The second-order valence-corrected chi connectivity index (χ2v) is 4.75. The van der Waals surface area contributed by atoms with Crippen molar-refractivity contribution in [2.45, 2.75) is 13.3 Å². The third kappa shape index (κ3) is 6.85. The van der Waals surface area contributed by atoms with E-state index in [1.165, 1.54) is 17.7 Å². The van der Waals surface area contributed by atoms with E-state index in [0.29, 0.717) is 24.9 Å². The van der Waals surface area contributed by atoms with Crippen LogP contribution in [0.3, 0.4) is 0 Å². The van der Waals surface area contributed by atoms with Gasteiger partial charge in [-0.25, -0.2) is 9.38 Å². The van der Waals surface area contributed by atoms with Crippen molar-refractivity contribution in [1.82, 2.24) is 0 Å². The summed E-state index contributed by atoms with van der Waals surface area (Å²) in [6.45, 7) is 2.82. The fraction of sp³-hybridized carbons (Fsp3) is 0.235. The van der Waals surface area contributed by atoms with E-state index in [4.69, 9.17) is 10.5 Å². The number of hydrogen-bond donors (Lipinski definition) is 2. The van der Waals surface area contributed by atoms with E-state index in [1.54, 1.807) is 12.1 Å². The summed E-state index contributed by atoms with van der Waals surface area (Å²) in [6.07, 6.45) is 0.966. The Labute approximate surface area is 153 Å². The normalized spacial score (nSPS) is 10.8. The number of rotatable bonds is 6. The molecule has 0 saturated heterocycles. The molecule has 0 aliphatic carbocycles. The highest BCUT2D eigenvalue weighted by Crippen LogP contribution is 2.12. The number of benzene rings is 2. The van der Waals surface area contributed by atoms with Crippen molar-refractivity contribution >= 4 is 35.6 Å². The first-order valence-corrected chi connectivity index (χ1v) is 7.21. The number of ether oxygens (including phenoxy) is 1. The van der Waals surface area contributed by atoms with Crippen LogP contribution in [0.15, 0.2) is 53.5 Å². The Bertz CT molecular complexity index is 649. The Hall–Kier alpha value is -1.83. The van der Waals surface area contributed by atoms with E-state index < -0.39 is 0 Å². The van der Waals surface area contributed by atoms with Gasteiger partial charge in [-0.2, -0.15) is 0 Å². The van der Waals surface area contributed by atoms with Crippen molar-refractivity contribution in [3.05, 3.63) is 59.9 Å². The first kappa shape index (κ1) is 19.2. The quantitative estimate of drug-likeness (QED) is 0.318. The summed E-state index contributed by atoms with van der Waals surface area (Å²) in [5, 5.41) is 3.04. The molecule has 0 aliphatic rings. The lowest BCUT2D eigenvalue weighted by Crippen LogP contribution is -2.23. The van der Waals surface area contributed by atoms with Crippen molar-refractivity contribution in [1.29, 1.82) is 0 Å². The van der Waals surface area contributed by atoms with Gasteiger partial charge in [0.2, 0.25) is 0 Å². The van der Waals surface area contributed by atoms with Crippen molar-refractivity contribution < 1.29 is 9.13 Å². The average molecular weight is 429 g/mol. The fourth-order valence-electron chi connectivity index (χ4n) is 1.94. The van der Waals surface area contributed by atoms with Crippen LogP contribution >= 0.6 is 24.0 Å². The van der Waals surface area contributed by atoms with Gasteiger partial charge in [0.05, 0.1) is 6.54 Å². The number of hydrogen-bond acceptors (Lipinski definition) is 2. The number of anilines is 1. The highest BCUT2D eigenvalue weighted by atomic mass is 127. The summed E-state index contributed by atoms with van der Waals surface area (Å²) in [4.78, 5) is 4.18. The molecule has 3 N–H and O–H groups in total. The maximum atomic E-state index is 13.0. The lowest BCUT2D eigenvalue weighted by molar-refractivity contribution is 0.327. The van der Waals surface area contributed by atoms with Gasteiger partial charge in [-0.05, 0) is 36.2 Å². The molecule has 0 aromatic heterocycles. The van der Waals surface area contributed by atoms with Gasteiger partial charge < -0.3 is 15.8 Å². The maximum absolute atomic E-state index is 13.0. The number of aliphatic imine (C=N–C) groups is 1. The molecule has 0 fully saturated rings. The van der Waals surface area contributed by atoms with E-state index >= 15 is 0 Å². The molecular formula is C17H21FIN3O. The first-order valence-electron chi connectivity index (χ1n) is 7.21. The fourth-order valence-corrected chi connectivity index (χ4v) is 1.94. The lowest BCUT2D eigenvalue weighted by atomic mass is 10.1. The van der Waals surface area contributed by atoms with Crippen LogP contribution < -0.4 is 15.8 Å². The summed E-state index contributed by atoms with van der Waals surface area (Å²) in [6, 6.07) is 14.0. The smallest absolute Gasteiger partial charge is 0.193 e. The number of guanidine groups is 1. The second kappa shape index (κ2) is 10.0. The topological polar surface area (TPSA) is 59.6 Å². The van der Waals surface area contributed by atoms with Gasteiger partial charge >= 0.3 is 0 Å². The largest absolute Gasteiger partial charge is 0.492 e. The zero-order chi connectivity index (χ0) is 15.8. The first-order chi connectivity index (χ1) is 10.7. The summed E-state index contributed by atoms with van der Waals surface area (Å²) >= 11 is 0. The minimum Gasteiger partial charge on any atom is -0.492 e. The van der Waals surface area contributed by atoms with Crippen LogP contribution in [-0.2, 0) is 6.42 Å². The highest BCUT2D eigenvalue weighted by Gasteiger charge is 1.98. The van der Waals surface area contributed by atoms with Gasteiger partial charge in [0.1, 0.15) is 18.2 Å². The predicted molar refractivity (Wildman–Crippen MR) is 103 cm³/mol. The summed E-state index contributed by atoms with van der Waals surface area (Å²) < 4.78 is 18.4. The zero-order valence-electron chi connectivity index (χ0n) is 13.0. The Morgan fingerprint density at radius 3 is 2.74 bits per heavy atom. The third-order valence-electron chi connectivity index (χ3n) is 3.05. The molecule has 0 saturated carbocycles. The molecule has 0 heterocycles. The van der Waals surface area contributed by atoms with Gasteiger partial charge in [-0.15, -0.1) is 24.0 Å². The molecule has 2 aromatic carbocycles. The lowest BCUT2D eigenvalue weighted by Gasteiger charge is -2.08. The SMILES string of the molecule is CCc1cccc(NC(N)=NCCOc2cccc(F)c2)c1.I. The van der Waals surface area contributed by atoms with Gasteiger partial charge in [-0.3, -0.25) is 0 Å². The Kier molecular flexibility index (Phi) is 8.39. The molecule has 4 nitrogen and oxygen atoms in total. The number of nitrogens with one attached hydrogen (secondary N) is 1. The number of nitrogens with two attached hydrogens (primary N) is 1. The van der Waals surface area contributed by atoms with Gasteiger partial charge in [0, 0.05) is 11.8 Å². The van der Waals surface area contributed by atoms with Crippen molar-refractivity contribution in [2.75, 3.05) is 18.5 Å². The van der Waals surface area contributed by atoms with Crippen molar-refractivity contribution in [3.63, 3.8) is 0 Å².